The van der Waals surface area contributed by atoms with E-state index >= 15 is 0 Å². The summed E-state index contributed by atoms with van der Waals surface area (Å²) in [5.74, 6) is 0.203. The van der Waals surface area contributed by atoms with E-state index in [1.165, 1.54) is 0 Å². The molecule has 0 radical (unpaired) electrons. The van der Waals surface area contributed by atoms with Crippen LogP contribution in [0, 0.1) is 5.92 Å². The van der Waals surface area contributed by atoms with Gasteiger partial charge in [0, 0.05) is 25.6 Å². The van der Waals surface area contributed by atoms with E-state index in [4.69, 9.17) is 0 Å². The van der Waals surface area contributed by atoms with Crippen molar-refractivity contribution in [1.29, 1.82) is 0 Å². The van der Waals surface area contributed by atoms with Gasteiger partial charge in [0.2, 0.25) is 11.8 Å². The van der Waals surface area contributed by atoms with Gasteiger partial charge in [0.15, 0.2) is 0 Å². The molecular formula is C17H33N3O2. The number of piperidine rings is 1. The quantitative estimate of drug-likeness (QED) is 0.720. The highest BCUT2D eigenvalue weighted by atomic mass is 16.2. The molecule has 1 atom stereocenters. The van der Waals surface area contributed by atoms with Gasteiger partial charge < -0.3 is 14.7 Å². The minimum absolute atomic E-state index is 0.0442. The van der Waals surface area contributed by atoms with Gasteiger partial charge >= 0.3 is 0 Å². The second kappa shape index (κ2) is 9.13. The van der Waals surface area contributed by atoms with Crippen LogP contribution in [0.4, 0.5) is 0 Å². The number of carbonyl (C=O) groups excluding carboxylic acids is 2. The Morgan fingerprint density at radius 3 is 2.41 bits per heavy atom. The number of carbonyl (C=O) groups is 2. The molecule has 22 heavy (non-hydrogen) atoms. The summed E-state index contributed by atoms with van der Waals surface area (Å²) in [6, 6.07) is -0.247. The van der Waals surface area contributed by atoms with Crippen molar-refractivity contribution in [2.75, 3.05) is 40.3 Å². The van der Waals surface area contributed by atoms with E-state index in [-0.39, 0.29) is 23.8 Å². The van der Waals surface area contributed by atoms with Crippen LogP contribution in [0.2, 0.25) is 0 Å². The number of likely N-dealkylation sites (N-methyl/N-ethyl adjacent to an activating group) is 1. The van der Waals surface area contributed by atoms with Crippen molar-refractivity contribution in [3.63, 3.8) is 0 Å². The lowest BCUT2D eigenvalue weighted by Crippen LogP contribution is -2.54. The first-order chi connectivity index (χ1) is 10.4. The molecule has 1 aliphatic heterocycles. The van der Waals surface area contributed by atoms with Crippen molar-refractivity contribution >= 4 is 11.8 Å². The van der Waals surface area contributed by atoms with Crippen LogP contribution in [-0.2, 0) is 9.59 Å². The molecule has 128 valence electrons. The van der Waals surface area contributed by atoms with Crippen molar-refractivity contribution in [3.8, 4) is 0 Å². The molecule has 0 aliphatic carbocycles. The van der Waals surface area contributed by atoms with Crippen LogP contribution in [0.15, 0.2) is 0 Å². The molecule has 2 amide bonds. The smallest absolute Gasteiger partial charge is 0.245 e. The van der Waals surface area contributed by atoms with E-state index in [1.54, 1.807) is 0 Å². The van der Waals surface area contributed by atoms with Crippen molar-refractivity contribution in [3.05, 3.63) is 0 Å². The van der Waals surface area contributed by atoms with Crippen LogP contribution in [0.3, 0.4) is 0 Å². The monoisotopic (exact) mass is 311 g/mol. The second-order valence-electron chi connectivity index (χ2n) is 6.77. The summed E-state index contributed by atoms with van der Waals surface area (Å²) in [5.41, 5.74) is 0. The molecule has 0 aromatic carbocycles. The van der Waals surface area contributed by atoms with E-state index in [9.17, 15) is 9.59 Å². The molecule has 0 spiro atoms. The Morgan fingerprint density at radius 1 is 1.18 bits per heavy atom. The molecule has 1 rings (SSSR count). The van der Waals surface area contributed by atoms with Gasteiger partial charge in [-0.1, -0.05) is 13.8 Å². The maximum Gasteiger partial charge on any atom is 0.245 e. The van der Waals surface area contributed by atoms with Gasteiger partial charge in [-0.05, 0) is 53.2 Å². The van der Waals surface area contributed by atoms with Crippen LogP contribution in [-0.4, -0.2) is 72.8 Å². The molecule has 5 heteroatoms. The lowest BCUT2D eigenvalue weighted by Gasteiger charge is -2.38. The zero-order chi connectivity index (χ0) is 16.7. The predicted molar refractivity (Wildman–Crippen MR) is 89.6 cm³/mol. The molecule has 0 aromatic heterocycles. The Bertz CT molecular complexity index is 369. The van der Waals surface area contributed by atoms with Crippen molar-refractivity contribution in [2.24, 2.45) is 5.92 Å². The molecule has 0 aromatic rings. The first-order valence-corrected chi connectivity index (χ1v) is 8.62. The summed E-state index contributed by atoms with van der Waals surface area (Å²) >= 11 is 0. The number of hydrogen-bond acceptors (Lipinski definition) is 3. The number of nitrogens with zero attached hydrogens (tertiary/aromatic N) is 3. The molecule has 1 fully saturated rings. The number of amides is 2. The highest BCUT2D eigenvalue weighted by Gasteiger charge is 2.34. The zero-order valence-electron chi connectivity index (χ0n) is 15.0. The van der Waals surface area contributed by atoms with Crippen LogP contribution in [0.1, 0.15) is 46.5 Å². The molecule has 0 bridgehead atoms. The fraction of sp³-hybridized carbons (Fsp3) is 0.882. The van der Waals surface area contributed by atoms with Gasteiger partial charge in [-0.2, -0.15) is 0 Å². The highest BCUT2D eigenvalue weighted by Crippen LogP contribution is 2.21. The van der Waals surface area contributed by atoms with Crippen molar-refractivity contribution in [1.82, 2.24) is 14.7 Å². The molecular weight excluding hydrogens is 278 g/mol. The summed E-state index contributed by atoms with van der Waals surface area (Å²) < 4.78 is 0. The lowest BCUT2D eigenvalue weighted by molar-refractivity contribution is -0.149. The van der Waals surface area contributed by atoms with E-state index in [1.807, 2.05) is 44.7 Å². The maximum atomic E-state index is 12.9. The standard InChI is InChI=1S/C17H33N3O2/c1-6-19(12-9-11-18(4)5)17(22)15-10-7-8-13-20(15)16(21)14(2)3/h14-15H,6-13H2,1-5H3. The van der Waals surface area contributed by atoms with Gasteiger partial charge in [0.05, 0.1) is 0 Å². The molecule has 0 saturated carbocycles. The Morgan fingerprint density at radius 2 is 1.86 bits per heavy atom. The molecule has 1 aliphatic rings. The second-order valence-corrected chi connectivity index (χ2v) is 6.77. The van der Waals surface area contributed by atoms with Gasteiger partial charge in [-0.15, -0.1) is 0 Å². The Kier molecular flexibility index (Phi) is 7.87. The lowest BCUT2D eigenvalue weighted by atomic mass is 9.98. The third-order valence-electron chi connectivity index (χ3n) is 4.29. The minimum atomic E-state index is -0.247. The van der Waals surface area contributed by atoms with Crippen LogP contribution >= 0.6 is 0 Å². The topological polar surface area (TPSA) is 43.9 Å². The fourth-order valence-electron chi connectivity index (χ4n) is 3.00. The summed E-state index contributed by atoms with van der Waals surface area (Å²) in [7, 11) is 4.09. The SMILES string of the molecule is CCN(CCCN(C)C)C(=O)C1CCCCN1C(=O)C(C)C. The summed E-state index contributed by atoms with van der Waals surface area (Å²) in [5, 5.41) is 0. The van der Waals surface area contributed by atoms with E-state index in [2.05, 4.69) is 4.90 Å². The summed E-state index contributed by atoms with van der Waals surface area (Å²) in [6.07, 6.45) is 3.82. The van der Waals surface area contributed by atoms with Gasteiger partial charge in [-0.3, -0.25) is 9.59 Å². The van der Waals surface area contributed by atoms with Crippen LogP contribution < -0.4 is 0 Å². The highest BCUT2D eigenvalue weighted by molar-refractivity contribution is 5.88. The predicted octanol–water partition coefficient (Wildman–Crippen LogP) is 1.82. The van der Waals surface area contributed by atoms with Crippen molar-refractivity contribution < 1.29 is 9.59 Å². The molecule has 1 saturated heterocycles. The minimum Gasteiger partial charge on any atom is -0.341 e. The molecule has 1 unspecified atom stereocenters. The van der Waals surface area contributed by atoms with Crippen LogP contribution in [0.5, 0.6) is 0 Å². The third-order valence-corrected chi connectivity index (χ3v) is 4.29. The third kappa shape index (κ3) is 5.27. The number of likely N-dealkylation sites (tertiary alicyclic amines) is 1. The normalized spacial score (nSPS) is 18.9. The van der Waals surface area contributed by atoms with E-state index in [0.717, 1.165) is 45.3 Å². The maximum absolute atomic E-state index is 12.9. The van der Waals surface area contributed by atoms with Gasteiger partial charge in [-0.25, -0.2) is 0 Å². The molecule has 0 N–H and O–H groups in total. The molecule has 5 nitrogen and oxygen atoms in total. The largest absolute Gasteiger partial charge is 0.341 e. The summed E-state index contributed by atoms with van der Waals surface area (Å²) in [4.78, 5) is 31.1. The first kappa shape index (κ1) is 18.9. The first-order valence-electron chi connectivity index (χ1n) is 8.62. The van der Waals surface area contributed by atoms with Gasteiger partial charge in [0.1, 0.15) is 6.04 Å². The fourth-order valence-corrected chi connectivity index (χ4v) is 3.00. The van der Waals surface area contributed by atoms with Crippen molar-refractivity contribution in [2.45, 2.75) is 52.5 Å². The Labute approximate surface area is 135 Å². The number of rotatable bonds is 7. The number of hydrogen-bond donors (Lipinski definition) is 0. The average molecular weight is 311 g/mol. The molecule has 1 heterocycles. The zero-order valence-corrected chi connectivity index (χ0v) is 15.0. The van der Waals surface area contributed by atoms with E-state index < -0.39 is 0 Å². The Balaban J connectivity index is 2.70. The van der Waals surface area contributed by atoms with Crippen LogP contribution in [0.25, 0.3) is 0 Å². The van der Waals surface area contributed by atoms with E-state index in [0.29, 0.717) is 6.54 Å². The average Bonchev–Trinajstić information content (AvgIpc) is 2.49. The Hall–Kier alpha value is -1.10. The van der Waals surface area contributed by atoms with Gasteiger partial charge in [0.25, 0.3) is 0 Å². The summed E-state index contributed by atoms with van der Waals surface area (Å²) in [6.45, 7) is 9.03.